The summed E-state index contributed by atoms with van der Waals surface area (Å²) in [6.07, 6.45) is 6.01. The van der Waals surface area contributed by atoms with Crippen LogP contribution in [0.4, 0.5) is 0 Å². The third kappa shape index (κ3) is 15.0. The Labute approximate surface area is 188 Å². The van der Waals surface area contributed by atoms with Crippen LogP contribution in [0.3, 0.4) is 0 Å². The molecule has 0 bridgehead atoms. The van der Waals surface area contributed by atoms with Crippen LogP contribution in [0.25, 0.3) is 0 Å². The van der Waals surface area contributed by atoms with Gasteiger partial charge < -0.3 is 20.0 Å². The molecule has 0 spiro atoms. The van der Waals surface area contributed by atoms with Gasteiger partial charge in [-0.25, -0.2) is 0 Å². The van der Waals surface area contributed by atoms with Crippen molar-refractivity contribution in [3.63, 3.8) is 0 Å². The Morgan fingerprint density at radius 2 is 1.59 bits per heavy atom. The summed E-state index contributed by atoms with van der Waals surface area (Å²) in [6, 6.07) is 6.15. The molecule has 1 aromatic rings. The summed E-state index contributed by atoms with van der Waals surface area (Å²) in [7, 11) is 4.41. The zero-order valence-corrected chi connectivity index (χ0v) is 19.6. The number of unbranched alkanes of at least 4 members (excludes halogenated alkanes) is 3. The minimum atomic E-state index is -0.850. The molecule has 0 saturated carbocycles. The van der Waals surface area contributed by atoms with Crippen LogP contribution >= 0.6 is 0 Å². The number of hydrogen-bond acceptors (Lipinski definition) is 6. The van der Waals surface area contributed by atoms with Crippen molar-refractivity contribution >= 4 is 0 Å². The number of hydrogen-bond donors (Lipinski definition) is 0. The SMILES string of the molecule is CCCCCCC([18O-])C[18O-].CN1CCN(C)CCN(Cc2ccccn2)CC1.[Fe+3]. The molecule has 2 heterocycles. The zero-order chi connectivity index (χ0) is 20.6. The van der Waals surface area contributed by atoms with E-state index in [0.29, 0.717) is 6.42 Å². The number of likely N-dealkylation sites (N-methyl/N-ethyl adjacent to an activating group) is 2. The van der Waals surface area contributed by atoms with E-state index in [1.165, 1.54) is 18.5 Å². The smallest absolute Gasteiger partial charge is 0.855 e. The number of nitrogens with zero attached hydrogens (tertiary/aromatic N) is 4. The van der Waals surface area contributed by atoms with Crippen LogP contribution in [-0.4, -0.2) is 85.8 Å². The van der Waals surface area contributed by atoms with Crippen molar-refractivity contribution < 1.29 is 27.3 Å². The van der Waals surface area contributed by atoms with Crippen LogP contribution in [0.1, 0.15) is 44.7 Å². The molecule has 1 fully saturated rings. The molecule has 0 N–H and O–H groups in total. The van der Waals surface area contributed by atoms with E-state index in [9.17, 15) is 10.2 Å². The second kappa shape index (κ2) is 18.3. The summed E-state index contributed by atoms with van der Waals surface area (Å²) < 4.78 is 0. The standard InChI is InChI=1S/C14H24N4.C8H16O2.Fe/c1-16-7-8-17(2)10-12-18(11-9-16)13-14-5-3-4-6-15-14;1-2-3-4-5-6-8(10)7-9;/h3-6H,7-13H2,1-2H3;8H,2-7H2,1H3;/q;-2;+3/i;9+2,10+2;. The first-order chi connectivity index (χ1) is 13.5. The molecule has 0 aromatic carbocycles. The minimum Gasteiger partial charge on any atom is -0.855 e. The van der Waals surface area contributed by atoms with Gasteiger partial charge in [0.05, 0.1) is 5.69 Å². The van der Waals surface area contributed by atoms with Crippen LogP contribution in [0.2, 0.25) is 0 Å². The van der Waals surface area contributed by atoms with Crippen molar-refractivity contribution in [2.24, 2.45) is 0 Å². The Kier molecular flexibility index (Phi) is 17.9. The fourth-order valence-electron chi connectivity index (χ4n) is 3.06. The topological polar surface area (TPSA) is 68.7 Å². The molecule has 6 nitrogen and oxygen atoms in total. The van der Waals surface area contributed by atoms with Crippen LogP contribution in [-0.2, 0) is 23.6 Å². The Morgan fingerprint density at radius 1 is 0.966 bits per heavy atom. The summed E-state index contributed by atoms with van der Waals surface area (Å²) >= 11 is 0. The monoisotopic (exact) mass is 452 g/mol. The maximum atomic E-state index is 10.5. The summed E-state index contributed by atoms with van der Waals surface area (Å²) in [5.74, 6) is 0. The molecule has 0 aliphatic carbocycles. The molecule has 1 aromatic heterocycles. The van der Waals surface area contributed by atoms with Gasteiger partial charge in [-0.1, -0.05) is 45.1 Å². The van der Waals surface area contributed by atoms with E-state index in [1.54, 1.807) is 0 Å². The van der Waals surface area contributed by atoms with Gasteiger partial charge in [-0.2, -0.15) is 6.61 Å². The molecule has 7 heteroatoms. The summed E-state index contributed by atoms with van der Waals surface area (Å²) in [6.45, 7) is 9.49. The van der Waals surface area contributed by atoms with Crippen molar-refractivity contribution in [2.45, 2.75) is 51.7 Å². The van der Waals surface area contributed by atoms with E-state index >= 15 is 0 Å². The van der Waals surface area contributed by atoms with Crippen molar-refractivity contribution in [3.05, 3.63) is 30.1 Å². The zero-order valence-electron chi connectivity index (χ0n) is 18.5. The quantitative estimate of drug-likeness (QED) is 0.330. The Hall–Kier alpha value is -0.531. The van der Waals surface area contributed by atoms with Crippen LogP contribution in [0, 0.1) is 0 Å². The third-order valence-corrected chi connectivity index (χ3v) is 5.14. The van der Waals surface area contributed by atoms with Crippen molar-refractivity contribution in [2.75, 3.05) is 60.0 Å². The van der Waals surface area contributed by atoms with E-state index in [4.69, 9.17) is 0 Å². The molecule has 1 unspecified atom stereocenters. The maximum absolute atomic E-state index is 10.5. The van der Waals surface area contributed by atoms with Crippen LogP contribution in [0.15, 0.2) is 24.4 Å². The first-order valence-corrected chi connectivity index (χ1v) is 10.8. The van der Waals surface area contributed by atoms with Gasteiger partial charge in [0.2, 0.25) is 0 Å². The van der Waals surface area contributed by atoms with E-state index < -0.39 is 12.7 Å². The van der Waals surface area contributed by atoms with Crippen molar-refractivity contribution in [3.8, 4) is 0 Å². The van der Waals surface area contributed by atoms with Gasteiger partial charge in [-0.15, -0.1) is 6.10 Å². The fourth-order valence-corrected chi connectivity index (χ4v) is 3.06. The van der Waals surface area contributed by atoms with E-state index in [1.807, 2.05) is 12.3 Å². The largest absolute Gasteiger partial charge is 3.00 e. The Morgan fingerprint density at radius 3 is 2.10 bits per heavy atom. The Balaban J connectivity index is 0.000000616. The maximum Gasteiger partial charge on any atom is 3.00 e. The molecule has 1 atom stereocenters. The van der Waals surface area contributed by atoms with Gasteiger partial charge in [0.15, 0.2) is 0 Å². The number of aromatic nitrogens is 1. The van der Waals surface area contributed by atoms with E-state index in [0.717, 1.165) is 58.7 Å². The van der Waals surface area contributed by atoms with Crippen LogP contribution in [0.5, 0.6) is 0 Å². The van der Waals surface area contributed by atoms with Gasteiger partial charge in [0.25, 0.3) is 0 Å². The second-order valence-corrected chi connectivity index (χ2v) is 7.84. The molecule has 1 aliphatic rings. The summed E-state index contributed by atoms with van der Waals surface area (Å²) in [4.78, 5) is 11.7. The van der Waals surface area contributed by atoms with Gasteiger partial charge >= 0.3 is 17.1 Å². The number of pyridine rings is 1. The van der Waals surface area contributed by atoms with Crippen molar-refractivity contribution in [1.82, 2.24) is 19.7 Å². The molecular weight excluding hydrogens is 412 g/mol. The molecule has 1 saturated heterocycles. The average molecular weight is 452 g/mol. The first kappa shape index (κ1) is 28.5. The summed E-state index contributed by atoms with van der Waals surface area (Å²) in [5.41, 5.74) is 1.17. The van der Waals surface area contributed by atoms with E-state index in [-0.39, 0.29) is 17.1 Å². The Bertz CT molecular complexity index is 467. The first-order valence-electron chi connectivity index (χ1n) is 10.8. The minimum absolute atomic E-state index is 0. The normalized spacial score (nSPS) is 17.8. The fraction of sp³-hybridized carbons (Fsp3) is 0.773. The predicted octanol–water partition coefficient (Wildman–Crippen LogP) is 0.804. The number of rotatable bonds is 8. The molecule has 1 aliphatic heterocycles. The summed E-state index contributed by atoms with van der Waals surface area (Å²) in [5, 5.41) is 20.5. The average Bonchev–Trinajstić information content (AvgIpc) is 2.79. The van der Waals surface area contributed by atoms with Crippen LogP contribution < -0.4 is 10.2 Å². The molecule has 0 amide bonds. The van der Waals surface area contributed by atoms with Gasteiger partial charge in [-0.05, 0) is 26.2 Å². The van der Waals surface area contributed by atoms with Gasteiger partial charge in [0, 0.05) is 52.0 Å². The van der Waals surface area contributed by atoms with Gasteiger partial charge in [0.1, 0.15) is 0 Å². The van der Waals surface area contributed by atoms with Crippen molar-refractivity contribution in [1.29, 1.82) is 0 Å². The second-order valence-electron chi connectivity index (χ2n) is 7.84. The van der Waals surface area contributed by atoms with Gasteiger partial charge in [-0.3, -0.25) is 9.88 Å². The molecular formula is C22H40FeN4O2+. The van der Waals surface area contributed by atoms with E-state index in [2.05, 4.69) is 52.8 Å². The molecule has 29 heavy (non-hydrogen) atoms. The molecule has 1 radical (unpaired) electrons. The molecule has 2 rings (SSSR count). The predicted molar refractivity (Wildman–Crippen MR) is 112 cm³/mol. The third-order valence-electron chi connectivity index (χ3n) is 5.14. The molecule has 167 valence electrons.